The Morgan fingerprint density at radius 2 is 1.95 bits per heavy atom. The van der Waals surface area contributed by atoms with Crippen molar-refractivity contribution in [3.05, 3.63) is 29.8 Å². The number of alkyl halides is 3. The lowest BCUT2D eigenvalue weighted by molar-refractivity contribution is -0.274. The predicted molar refractivity (Wildman–Crippen MR) is 63.3 cm³/mol. The van der Waals surface area contributed by atoms with Gasteiger partial charge in [0.05, 0.1) is 12.7 Å². The van der Waals surface area contributed by atoms with Gasteiger partial charge in [-0.3, -0.25) is 4.79 Å². The Morgan fingerprint density at radius 3 is 2.45 bits per heavy atom. The quantitative estimate of drug-likeness (QED) is 0.830. The van der Waals surface area contributed by atoms with Crippen molar-refractivity contribution in [3.8, 4) is 5.75 Å². The van der Waals surface area contributed by atoms with Gasteiger partial charge in [-0.05, 0) is 24.3 Å². The number of ether oxygens (including phenoxy) is 2. The number of carbonyl (C=O) groups is 1. The molecule has 0 fully saturated rings. The third kappa shape index (κ3) is 5.89. The number of aliphatic hydroxyl groups excluding tert-OH is 1. The Hall–Kier alpha value is -1.80. The fourth-order valence-electron chi connectivity index (χ4n) is 1.37. The first-order valence-electron chi connectivity index (χ1n) is 5.63. The van der Waals surface area contributed by atoms with Crippen LogP contribution in [-0.2, 0) is 4.74 Å². The molecule has 0 saturated carbocycles. The van der Waals surface area contributed by atoms with Crippen molar-refractivity contribution in [1.29, 1.82) is 0 Å². The number of aliphatic hydroxyl groups is 1. The molecule has 0 aromatic heterocycles. The lowest BCUT2D eigenvalue weighted by Crippen LogP contribution is -2.34. The van der Waals surface area contributed by atoms with Crippen LogP contribution in [0.3, 0.4) is 0 Å². The first-order chi connectivity index (χ1) is 9.31. The van der Waals surface area contributed by atoms with Crippen LogP contribution in [0.1, 0.15) is 10.4 Å². The molecule has 1 amide bonds. The zero-order valence-corrected chi connectivity index (χ0v) is 10.6. The molecule has 8 heteroatoms. The normalized spacial score (nSPS) is 12.8. The van der Waals surface area contributed by atoms with Crippen LogP contribution in [0.25, 0.3) is 0 Å². The highest BCUT2D eigenvalue weighted by Crippen LogP contribution is 2.22. The number of methoxy groups -OCH3 is 1. The minimum atomic E-state index is -4.77. The summed E-state index contributed by atoms with van der Waals surface area (Å²) in [7, 11) is 1.41. The number of hydrogen-bond acceptors (Lipinski definition) is 4. The van der Waals surface area contributed by atoms with Crippen molar-refractivity contribution in [2.75, 3.05) is 20.3 Å². The first-order valence-corrected chi connectivity index (χ1v) is 5.63. The van der Waals surface area contributed by atoms with Crippen LogP contribution in [-0.4, -0.2) is 43.7 Å². The minimum absolute atomic E-state index is 0.0204. The third-order valence-corrected chi connectivity index (χ3v) is 2.21. The van der Waals surface area contributed by atoms with Gasteiger partial charge < -0.3 is 19.9 Å². The topological polar surface area (TPSA) is 67.8 Å². The van der Waals surface area contributed by atoms with E-state index in [4.69, 9.17) is 0 Å². The third-order valence-electron chi connectivity index (χ3n) is 2.21. The molecule has 112 valence electrons. The van der Waals surface area contributed by atoms with E-state index in [1.807, 2.05) is 0 Å². The fourth-order valence-corrected chi connectivity index (χ4v) is 1.37. The number of halogens is 3. The maximum Gasteiger partial charge on any atom is 0.573 e. The SMILES string of the molecule is COCC(O)CNC(=O)c1ccc(OC(F)(F)F)cc1. The highest BCUT2D eigenvalue weighted by atomic mass is 19.4. The molecule has 1 aromatic rings. The summed E-state index contributed by atoms with van der Waals surface area (Å²) in [5.74, 6) is -0.924. The van der Waals surface area contributed by atoms with E-state index in [9.17, 15) is 23.1 Å². The summed E-state index contributed by atoms with van der Waals surface area (Å²) in [5.41, 5.74) is 0.157. The zero-order chi connectivity index (χ0) is 15.2. The summed E-state index contributed by atoms with van der Waals surface area (Å²) in [6.07, 6.45) is -5.62. The Bertz CT molecular complexity index is 433. The molecule has 0 bridgehead atoms. The smallest absolute Gasteiger partial charge is 0.406 e. The minimum Gasteiger partial charge on any atom is -0.406 e. The summed E-state index contributed by atoms with van der Waals surface area (Å²) in [6.45, 7) is 0.0477. The van der Waals surface area contributed by atoms with Gasteiger partial charge in [-0.25, -0.2) is 0 Å². The van der Waals surface area contributed by atoms with E-state index < -0.39 is 24.1 Å². The van der Waals surface area contributed by atoms with Crippen molar-refractivity contribution < 1.29 is 32.5 Å². The number of amides is 1. The van der Waals surface area contributed by atoms with Gasteiger partial charge in [0.15, 0.2) is 0 Å². The molecule has 1 atom stereocenters. The average molecular weight is 293 g/mol. The molecule has 2 N–H and O–H groups in total. The highest BCUT2D eigenvalue weighted by molar-refractivity contribution is 5.94. The van der Waals surface area contributed by atoms with E-state index in [1.165, 1.54) is 19.2 Å². The van der Waals surface area contributed by atoms with E-state index in [-0.39, 0.29) is 18.7 Å². The summed E-state index contributed by atoms with van der Waals surface area (Å²) >= 11 is 0. The molecule has 0 heterocycles. The van der Waals surface area contributed by atoms with Crippen molar-refractivity contribution in [2.24, 2.45) is 0 Å². The molecule has 1 rings (SSSR count). The van der Waals surface area contributed by atoms with E-state index in [1.54, 1.807) is 0 Å². The second-order valence-electron chi connectivity index (χ2n) is 3.89. The highest BCUT2D eigenvalue weighted by Gasteiger charge is 2.31. The molecule has 0 radical (unpaired) electrons. The summed E-state index contributed by atoms with van der Waals surface area (Å²) in [6, 6.07) is 4.46. The van der Waals surface area contributed by atoms with Gasteiger partial charge in [-0.2, -0.15) is 0 Å². The molecule has 1 unspecified atom stereocenters. The summed E-state index contributed by atoms with van der Waals surface area (Å²) in [4.78, 5) is 11.6. The van der Waals surface area contributed by atoms with Crippen LogP contribution in [0.2, 0.25) is 0 Å². The van der Waals surface area contributed by atoms with Crippen LogP contribution in [0, 0.1) is 0 Å². The fraction of sp³-hybridized carbons (Fsp3) is 0.417. The lowest BCUT2D eigenvalue weighted by atomic mass is 10.2. The van der Waals surface area contributed by atoms with Crippen LogP contribution in [0.4, 0.5) is 13.2 Å². The molecular weight excluding hydrogens is 279 g/mol. The molecule has 0 spiro atoms. The van der Waals surface area contributed by atoms with E-state index in [0.29, 0.717) is 0 Å². The Morgan fingerprint density at radius 1 is 1.35 bits per heavy atom. The zero-order valence-electron chi connectivity index (χ0n) is 10.6. The van der Waals surface area contributed by atoms with Crippen molar-refractivity contribution in [1.82, 2.24) is 5.32 Å². The Labute approximate surface area is 113 Å². The molecule has 1 aromatic carbocycles. The number of benzene rings is 1. The second-order valence-corrected chi connectivity index (χ2v) is 3.89. The molecule has 0 aliphatic rings. The number of hydrogen-bond donors (Lipinski definition) is 2. The van der Waals surface area contributed by atoms with Gasteiger partial charge in [0.25, 0.3) is 5.91 Å². The van der Waals surface area contributed by atoms with Crippen molar-refractivity contribution >= 4 is 5.91 Å². The first kappa shape index (κ1) is 16.3. The summed E-state index contributed by atoms with van der Waals surface area (Å²) < 4.78 is 44.2. The van der Waals surface area contributed by atoms with E-state index >= 15 is 0 Å². The van der Waals surface area contributed by atoms with Gasteiger partial charge in [0.2, 0.25) is 0 Å². The number of carbonyl (C=O) groups excluding carboxylic acids is 1. The Kier molecular flexibility index (Phi) is 5.78. The van der Waals surface area contributed by atoms with Crippen molar-refractivity contribution in [3.63, 3.8) is 0 Å². The Balaban J connectivity index is 2.53. The maximum atomic E-state index is 11.9. The van der Waals surface area contributed by atoms with Crippen LogP contribution < -0.4 is 10.1 Å². The maximum absolute atomic E-state index is 11.9. The average Bonchev–Trinajstić information content (AvgIpc) is 2.35. The monoisotopic (exact) mass is 293 g/mol. The van der Waals surface area contributed by atoms with Gasteiger partial charge in [0.1, 0.15) is 5.75 Å². The number of rotatable bonds is 6. The van der Waals surface area contributed by atoms with E-state index in [0.717, 1.165) is 12.1 Å². The molecule has 20 heavy (non-hydrogen) atoms. The van der Waals surface area contributed by atoms with Crippen molar-refractivity contribution in [2.45, 2.75) is 12.5 Å². The lowest BCUT2D eigenvalue weighted by Gasteiger charge is -2.11. The molecule has 0 saturated heterocycles. The second kappa shape index (κ2) is 7.11. The summed E-state index contributed by atoms with van der Waals surface area (Å²) in [5, 5.41) is 11.8. The number of nitrogens with one attached hydrogen (secondary N) is 1. The van der Waals surface area contributed by atoms with Crippen LogP contribution >= 0.6 is 0 Å². The molecular formula is C12H14F3NO4. The molecule has 0 aliphatic heterocycles. The molecule has 0 aliphatic carbocycles. The standard InChI is InChI=1S/C12H14F3NO4/c1-19-7-9(17)6-16-11(18)8-2-4-10(5-3-8)20-12(13,14)15/h2-5,9,17H,6-7H2,1H3,(H,16,18). The van der Waals surface area contributed by atoms with E-state index in [2.05, 4.69) is 14.8 Å². The van der Waals surface area contributed by atoms with Gasteiger partial charge in [-0.15, -0.1) is 13.2 Å². The van der Waals surface area contributed by atoms with Crippen LogP contribution in [0.15, 0.2) is 24.3 Å². The molecule has 5 nitrogen and oxygen atoms in total. The van der Waals surface area contributed by atoms with Gasteiger partial charge >= 0.3 is 6.36 Å². The van der Waals surface area contributed by atoms with Crippen LogP contribution in [0.5, 0.6) is 5.75 Å². The largest absolute Gasteiger partial charge is 0.573 e. The van der Waals surface area contributed by atoms with Gasteiger partial charge in [-0.1, -0.05) is 0 Å². The van der Waals surface area contributed by atoms with Gasteiger partial charge in [0, 0.05) is 19.2 Å². The predicted octanol–water partition coefficient (Wildman–Crippen LogP) is 1.32.